The van der Waals surface area contributed by atoms with E-state index >= 15 is 0 Å². The molecule has 0 aliphatic rings. The Morgan fingerprint density at radius 1 is 0.889 bits per heavy atom. The number of rotatable bonds is 3. The first-order valence-electron chi connectivity index (χ1n) is 8.17. The second kappa shape index (κ2) is 6.70. The number of halogens is 1. The zero-order chi connectivity index (χ0) is 19.0. The Morgan fingerprint density at radius 2 is 1.56 bits per heavy atom. The Morgan fingerprint density at radius 3 is 2.26 bits per heavy atom. The van der Waals surface area contributed by atoms with E-state index in [1.165, 1.54) is 16.8 Å². The smallest absolute Gasteiger partial charge is 0.335 e. The van der Waals surface area contributed by atoms with Crippen molar-refractivity contribution in [1.82, 2.24) is 9.78 Å². The summed E-state index contributed by atoms with van der Waals surface area (Å²) in [5.74, 6) is -1.32. The molecule has 0 aliphatic heterocycles. The Kier molecular flexibility index (Phi) is 4.22. The van der Waals surface area contributed by atoms with Crippen molar-refractivity contribution >= 4 is 34.4 Å². The van der Waals surface area contributed by atoms with E-state index in [4.69, 9.17) is 16.7 Å². The van der Waals surface area contributed by atoms with E-state index < -0.39 is 5.97 Å². The number of hydrogen-bond donors (Lipinski definition) is 1. The van der Waals surface area contributed by atoms with E-state index in [0.29, 0.717) is 21.8 Å². The number of carboxylic acids is 1. The van der Waals surface area contributed by atoms with Crippen molar-refractivity contribution in [3.63, 3.8) is 0 Å². The van der Waals surface area contributed by atoms with Crippen LogP contribution < -0.4 is 0 Å². The second-order valence-corrected chi connectivity index (χ2v) is 6.35. The van der Waals surface area contributed by atoms with E-state index in [1.54, 1.807) is 36.4 Å². The van der Waals surface area contributed by atoms with Gasteiger partial charge in [0.2, 0.25) is 0 Å². The maximum atomic E-state index is 13.0. The van der Waals surface area contributed by atoms with Gasteiger partial charge in [0.1, 0.15) is 5.69 Å². The van der Waals surface area contributed by atoms with Crippen molar-refractivity contribution < 1.29 is 14.7 Å². The lowest BCUT2D eigenvalue weighted by Gasteiger charge is -2.04. The minimum absolute atomic E-state index is 0.189. The summed E-state index contributed by atoms with van der Waals surface area (Å²) in [6.45, 7) is 0. The topological polar surface area (TPSA) is 72.2 Å². The number of carbonyl (C=O) groups excluding carboxylic acids is 1. The standard InChI is InChI=1S/C21H13ClN2O3/c22-17-7-3-1-5-15(17)20(25)24-18-8-4-2-6-16(18)19(23-24)13-9-11-14(12-10-13)21(26)27/h1-12H,(H,26,27). The predicted molar refractivity (Wildman–Crippen MR) is 103 cm³/mol. The molecule has 0 fully saturated rings. The number of aromatic nitrogens is 2. The van der Waals surface area contributed by atoms with Crippen LogP contribution in [-0.2, 0) is 0 Å². The molecule has 0 amide bonds. The summed E-state index contributed by atoms with van der Waals surface area (Å²) in [4.78, 5) is 24.1. The molecule has 1 N–H and O–H groups in total. The van der Waals surface area contributed by atoms with Crippen LogP contribution in [0.15, 0.2) is 72.8 Å². The van der Waals surface area contributed by atoms with Crippen LogP contribution in [0, 0.1) is 0 Å². The van der Waals surface area contributed by atoms with Gasteiger partial charge in [-0.25, -0.2) is 4.79 Å². The molecular formula is C21H13ClN2O3. The molecule has 0 bridgehead atoms. The number of nitrogens with zero attached hydrogens (tertiary/aromatic N) is 2. The third-order valence-electron chi connectivity index (χ3n) is 4.29. The fourth-order valence-corrected chi connectivity index (χ4v) is 3.17. The van der Waals surface area contributed by atoms with Crippen molar-refractivity contribution in [2.45, 2.75) is 0 Å². The molecule has 4 aromatic rings. The second-order valence-electron chi connectivity index (χ2n) is 5.95. The van der Waals surface area contributed by atoms with E-state index in [1.807, 2.05) is 24.3 Å². The van der Waals surface area contributed by atoms with Gasteiger partial charge in [-0.3, -0.25) is 4.79 Å². The fourth-order valence-electron chi connectivity index (χ4n) is 2.95. The highest BCUT2D eigenvalue weighted by molar-refractivity contribution is 6.34. The molecule has 0 radical (unpaired) electrons. The summed E-state index contributed by atoms with van der Waals surface area (Å²) in [5.41, 5.74) is 2.53. The third-order valence-corrected chi connectivity index (χ3v) is 4.62. The molecule has 27 heavy (non-hydrogen) atoms. The molecule has 4 rings (SSSR count). The van der Waals surface area contributed by atoms with Gasteiger partial charge in [-0.1, -0.05) is 54.1 Å². The molecule has 0 saturated carbocycles. The normalized spacial score (nSPS) is 10.9. The van der Waals surface area contributed by atoms with Gasteiger partial charge in [0, 0.05) is 10.9 Å². The van der Waals surface area contributed by atoms with Crippen LogP contribution in [0.25, 0.3) is 22.2 Å². The number of carboxylic acid groups (broad SMARTS) is 1. The molecule has 1 aromatic heterocycles. The summed E-state index contributed by atoms with van der Waals surface area (Å²) in [6.07, 6.45) is 0. The van der Waals surface area contributed by atoms with Crippen molar-refractivity contribution in [2.24, 2.45) is 0 Å². The molecule has 1 heterocycles. The number of carbonyl (C=O) groups is 2. The summed E-state index contributed by atoms with van der Waals surface area (Å²) < 4.78 is 1.33. The lowest BCUT2D eigenvalue weighted by atomic mass is 10.1. The molecule has 0 aliphatic carbocycles. The van der Waals surface area contributed by atoms with Gasteiger partial charge < -0.3 is 5.11 Å². The first-order valence-corrected chi connectivity index (χ1v) is 8.55. The van der Waals surface area contributed by atoms with Gasteiger partial charge in [-0.15, -0.1) is 0 Å². The maximum Gasteiger partial charge on any atom is 0.335 e. The zero-order valence-corrected chi connectivity index (χ0v) is 14.7. The minimum Gasteiger partial charge on any atom is -0.478 e. The van der Waals surface area contributed by atoms with Crippen LogP contribution in [0.1, 0.15) is 20.7 Å². The third kappa shape index (κ3) is 2.98. The lowest BCUT2D eigenvalue weighted by molar-refractivity contribution is 0.0696. The molecule has 0 spiro atoms. The van der Waals surface area contributed by atoms with Crippen LogP contribution in [0.2, 0.25) is 5.02 Å². The van der Waals surface area contributed by atoms with E-state index in [2.05, 4.69) is 5.10 Å². The van der Waals surface area contributed by atoms with Gasteiger partial charge in [0.15, 0.2) is 0 Å². The first kappa shape index (κ1) is 17.0. The maximum absolute atomic E-state index is 13.0. The van der Waals surface area contributed by atoms with Crippen LogP contribution >= 0.6 is 11.6 Å². The van der Waals surface area contributed by atoms with Crippen molar-refractivity contribution in [3.05, 3.63) is 88.9 Å². The van der Waals surface area contributed by atoms with Crippen LogP contribution in [0.5, 0.6) is 0 Å². The number of aromatic carboxylic acids is 1. The molecule has 132 valence electrons. The molecule has 0 atom stereocenters. The highest BCUT2D eigenvalue weighted by atomic mass is 35.5. The van der Waals surface area contributed by atoms with Crippen molar-refractivity contribution in [2.75, 3.05) is 0 Å². The lowest BCUT2D eigenvalue weighted by Crippen LogP contribution is -2.14. The first-order chi connectivity index (χ1) is 13.1. The van der Waals surface area contributed by atoms with Crippen LogP contribution in [0.3, 0.4) is 0 Å². The Balaban J connectivity index is 1.88. The van der Waals surface area contributed by atoms with Crippen molar-refractivity contribution in [1.29, 1.82) is 0 Å². The quantitative estimate of drug-likeness (QED) is 0.560. The number of fused-ring (bicyclic) bond motifs is 1. The van der Waals surface area contributed by atoms with Gasteiger partial charge >= 0.3 is 5.97 Å². The minimum atomic E-state index is -0.995. The average molecular weight is 377 g/mol. The number of hydrogen-bond acceptors (Lipinski definition) is 3. The molecule has 0 saturated heterocycles. The van der Waals surface area contributed by atoms with Gasteiger partial charge in [-0.05, 0) is 30.3 Å². The molecule has 6 heteroatoms. The highest BCUT2D eigenvalue weighted by Gasteiger charge is 2.19. The summed E-state index contributed by atoms with van der Waals surface area (Å²) in [7, 11) is 0. The summed E-state index contributed by atoms with van der Waals surface area (Å²) in [5, 5.41) is 14.7. The van der Waals surface area contributed by atoms with Crippen LogP contribution in [0.4, 0.5) is 0 Å². The van der Waals surface area contributed by atoms with E-state index in [0.717, 1.165) is 10.9 Å². The largest absolute Gasteiger partial charge is 0.478 e. The van der Waals surface area contributed by atoms with Gasteiger partial charge in [0.25, 0.3) is 5.91 Å². The summed E-state index contributed by atoms with van der Waals surface area (Å²) >= 11 is 6.17. The molecule has 0 unspecified atom stereocenters. The van der Waals surface area contributed by atoms with Gasteiger partial charge in [-0.2, -0.15) is 9.78 Å². The zero-order valence-electron chi connectivity index (χ0n) is 14.0. The highest BCUT2D eigenvalue weighted by Crippen LogP contribution is 2.29. The number of para-hydroxylation sites is 1. The SMILES string of the molecule is O=C(O)c1ccc(-c2nn(C(=O)c3ccccc3Cl)c3ccccc23)cc1. The van der Waals surface area contributed by atoms with Crippen molar-refractivity contribution in [3.8, 4) is 11.3 Å². The Labute approximate surface area is 159 Å². The van der Waals surface area contributed by atoms with Gasteiger partial charge in [0.05, 0.1) is 21.7 Å². The van der Waals surface area contributed by atoms with E-state index in [9.17, 15) is 9.59 Å². The summed E-state index contributed by atoms with van der Waals surface area (Å²) in [6, 6.07) is 20.6. The number of benzene rings is 3. The average Bonchev–Trinajstić information content (AvgIpc) is 3.08. The monoisotopic (exact) mass is 376 g/mol. The van der Waals surface area contributed by atoms with E-state index in [-0.39, 0.29) is 11.5 Å². The molecular weight excluding hydrogens is 364 g/mol. The predicted octanol–water partition coefficient (Wildman–Crippen LogP) is 4.74. The Hall–Kier alpha value is -3.44. The molecule has 5 nitrogen and oxygen atoms in total. The van der Waals surface area contributed by atoms with Crippen LogP contribution in [-0.4, -0.2) is 26.8 Å². The fraction of sp³-hybridized carbons (Fsp3) is 0. The Bertz CT molecular complexity index is 1180. The molecule has 3 aromatic carbocycles.